The van der Waals surface area contributed by atoms with Crippen LogP contribution >= 0.6 is 23.2 Å². The Hall–Kier alpha value is -2.04. The standard InChI is InChI=1S/C17H15Cl2N3O/c1-10(23)22-17(12-4-7-14(18)15(19)8-12)9-16(21-22)11-2-5-13(20)6-3-11/h2-8,17H,9,20H2,1H3. The SMILES string of the molecule is CC(=O)N1N=C(c2ccc(N)cc2)CC1c1ccc(Cl)c(Cl)c1. The van der Waals surface area contributed by atoms with Crippen molar-refractivity contribution in [3.8, 4) is 0 Å². The first kappa shape index (κ1) is 15.8. The van der Waals surface area contributed by atoms with Crippen LogP contribution in [0.5, 0.6) is 0 Å². The van der Waals surface area contributed by atoms with Gasteiger partial charge in [-0.05, 0) is 35.4 Å². The smallest absolute Gasteiger partial charge is 0.240 e. The largest absolute Gasteiger partial charge is 0.399 e. The van der Waals surface area contributed by atoms with Crippen LogP contribution in [0.15, 0.2) is 47.6 Å². The molecule has 1 atom stereocenters. The van der Waals surface area contributed by atoms with Crippen LogP contribution in [0.1, 0.15) is 30.5 Å². The predicted molar refractivity (Wildman–Crippen MR) is 93.7 cm³/mol. The lowest BCUT2D eigenvalue weighted by Crippen LogP contribution is -2.24. The molecule has 0 spiro atoms. The predicted octanol–water partition coefficient (Wildman–Crippen LogP) is 4.27. The second-order valence-electron chi connectivity index (χ2n) is 5.43. The lowest BCUT2D eigenvalue weighted by atomic mass is 9.98. The monoisotopic (exact) mass is 347 g/mol. The Balaban J connectivity index is 1.95. The number of hydrazone groups is 1. The molecule has 1 aliphatic heterocycles. The summed E-state index contributed by atoms with van der Waals surface area (Å²) in [6.07, 6.45) is 0.613. The second kappa shape index (κ2) is 6.22. The summed E-state index contributed by atoms with van der Waals surface area (Å²) >= 11 is 12.1. The Labute approximate surface area is 144 Å². The number of hydrogen-bond donors (Lipinski definition) is 1. The summed E-state index contributed by atoms with van der Waals surface area (Å²) in [6.45, 7) is 1.50. The van der Waals surface area contributed by atoms with Crippen molar-refractivity contribution < 1.29 is 4.79 Å². The molecule has 0 saturated heterocycles. The van der Waals surface area contributed by atoms with Crippen LogP contribution in [0.4, 0.5) is 5.69 Å². The van der Waals surface area contributed by atoms with Gasteiger partial charge in [0.2, 0.25) is 5.91 Å². The molecule has 2 aromatic carbocycles. The van der Waals surface area contributed by atoms with Crippen LogP contribution in [0.2, 0.25) is 10.0 Å². The number of benzene rings is 2. The molecule has 118 valence electrons. The van der Waals surface area contributed by atoms with Crippen LogP contribution in [0.25, 0.3) is 0 Å². The highest BCUT2D eigenvalue weighted by molar-refractivity contribution is 6.42. The van der Waals surface area contributed by atoms with E-state index in [-0.39, 0.29) is 11.9 Å². The summed E-state index contributed by atoms with van der Waals surface area (Å²) in [7, 11) is 0. The van der Waals surface area contributed by atoms with Gasteiger partial charge in [-0.1, -0.05) is 41.4 Å². The Kier molecular flexibility index (Phi) is 4.28. The normalized spacial score (nSPS) is 17.3. The van der Waals surface area contributed by atoms with E-state index in [1.165, 1.54) is 11.9 Å². The van der Waals surface area contributed by atoms with E-state index in [2.05, 4.69) is 5.10 Å². The molecule has 6 heteroatoms. The van der Waals surface area contributed by atoms with Crippen molar-refractivity contribution in [2.75, 3.05) is 5.73 Å². The first-order valence-electron chi connectivity index (χ1n) is 7.14. The van der Waals surface area contributed by atoms with Gasteiger partial charge >= 0.3 is 0 Å². The average Bonchev–Trinajstić information content (AvgIpc) is 2.96. The molecule has 2 aromatic rings. The molecule has 0 aromatic heterocycles. The lowest BCUT2D eigenvalue weighted by Gasteiger charge is -2.20. The Morgan fingerprint density at radius 3 is 2.48 bits per heavy atom. The third kappa shape index (κ3) is 3.19. The van der Waals surface area contributed by atoms with E-state index in [0.717, 1.165) is 16.8 Å². The number of nitrogens with two attached hydrogens (primary N) is 1. The van der Waals surface area contributed by atoms with Gasteiger partial charge in [0.15, 0.2) is 0 Å². The molecule has 1 aliphatic rings. The van der Waals surface area contributed by atoms with Gasteiger partial charge in [0.1, 0.15) is 0 Å². The van der Waals surface area contributed by atoms with Gasteiger partial charge in [0.05, 0.1) is 21.8 Å². The number of amides is 1. The molecule has 0 fully saturated rings. The van der Waals surface area contributed by atoms with E-state index < -0.39 is 0 Å². The fourth-order valence-corrected chi connectivity index (χ4v) is 2.94. The van der Waals surface area contributed by atoms with Crippen LogP contribution in [0, 0.1) is 0 Å². The van der Waals surface area contributed by atoms with Crippen molar-refractivity contribution in [1.29, 1.82) is 0 Å². The quantitative estimate of drug-likeness (QED) is 0.824. The Bertz CT molecular complexity index is 787. The second-order valence-corrected chi connectivity index (χ2v) is 6.24. The summed E-state index contributed by atoms with van der Waals surface area (Å²) in [5, 5.41) is 6.93. The number of hydrogen-bond acceptors (Lipinski definition) is 3. The molecule has 0 bridgehead atoms. The van der Waals surface area contributed by atoms with Gasteiger partial charge < -0.3 is 5.73 Å². The van der Waals surface area contributed by atoms with Crippen molar-refractivity contribution in [2.45, 2.75) is 19.4 Å². The molecule has 0 radical (unpaired) electrons. The van der Waals surface area contributed by atoms with Crippen LogP contribution in [-0.4, -0.2) is 16.6 Å². The van der Waals surface area contributed by atoms with Gasteiger partial charge in [0.25, 0.3) is 0 Å². The Morgan fingerprint density at radius 2 is 1.87 bits per heavy atom. The molecule has 23 heavy (non-hydrogen) atoms. The zero-order valence-electron chi connectivity index (χ0n) is 12.5. The molecule has 1 unspecified atom stereocenters. The maximum absolute atomic E-state index is 12.0. The lowest BCUT2D eigenvalue weighted by molar-refractivity contribution is -0.130. The van der Waals surface area contributed by atoms with Crippen molar-refractivity contribution in [2.24, 2.45) is 5.10 Å². The van der Waals surface area contributed by atoms with Crippen LogP contribution < -0.4 is 5.73 Å². The fraction of sp³-hybridized carbons (Fsp3) is 0.176. The average molecular weight is 348 g/mol. The minimum atomic E-state index is -0.185. The highest BCUT2D eigenvalue weighted by atomic mass is 35.5. The highest BCUT2D eigenvalue weighted by Crippen LogP contribution is 2.35. The maximum atomic E-state index is 12.0. The molecule has 1 amide bonds. The number of nitrogen functional groups attached to an aromatic ring is 1. The minimum Gasteiger partial charge on any atom is -0.399 e. The van der Waals surface area contributed by atoms with E-state index in [1.807, 2.05) is 30.3 Å². The van der Waals surface area contributed by atoms with E-state index in [0.29, 0.717) is 22.2 Å². The van der Waals surface area contributed by atoms with E-state index in [4.69, 9.17) is 28.9 Å². The van der Waals surface area contributed by atoms with Crippen LogP contribution in [0.3, 0.4) is 0 Å². The zero-order chi connectivity index (χ0) is 16.6. The molecule has 4 nitrogen and oxygen atoms in total. The summed E-state index contributed by atoms with van der Waals surface area (Å²) in [5.74, 6) is -0.119. The third-order valence-corrected chi connectivity index (χ3v) is 4.54. The summed E-state index contributed by atoms with van der Waals surface area (Å²) in [4.78, 5) is 12.0. The van der Waals surface area contributed by atoms with Crippen molar-refractivity contribution in [3.05, 3.63) is 63.6 Å². The summed E-state index contributed by atoms with van der Waals surface area (Å²) in [5.41, 5.74) is 9.11. The van der Waals surface area contributed by atoms with Crippen LogP contribution in [-0.2, 0) is 4.79 Å². The number of nitrogens with zero attached hydrogens (tertiary/aromatic N) is 2. The number of carbonyl (C=O) groups excluding carboxylic acids is 1. The topological polar surface area (TPSA) is 58.7 Å². The van der Waals surface area contributed by atoms with Crippen molar-refractivity contribution in [1.82, 2.24) is 5.01 Å². The summed E-state index contributed by atoms with van der Waals surface area (Å²) in [6, 6.07) is 12.7. The van der Waals surface area contributed by atoms with E-state index in [9.17, 15) is 4.79 Å². The van der Waals surface area contributed by atoms with Crippen molar-refractivity contribution >= 4 is 40.5 Å². The Morgan fingerprint density at radius 1 is 1.17 bits per heavy atom. The van der Waals surface area contributed by atoms with Crippen molar-refractivity contribution in [3.63, 3.8) is 0 Å². The number of halogens is 2. The first-order chi connectivity index (χ1) is 11.0. The molecule has 0 saturated carbocycles. The van der Waals surface area contributed by atoms with Gasteiger partial charge in [-0.2, -0.15) is 5.10 Å². The molecular weight excluding hydrogens is 333 g/mol. The third-order valence-electron chi connectivity index (χ3n) is 3.81. The molecule has 0 aliphatic carbocycles. The maximum Gasteiger partial charge on any atom is 0.240 e. The number of rotatable bonds is 2. The number of carbonyl (C=O) groups is 1. The molecular formula is C17H15Cl2N3O. The summed E-state index contributed by atoms with van der Waals surface area (Å²) < 4.78 is 0. The molecule has 1 heterocycles. The van der Waals surface area contributed by atoms with E-state index >= 15 is 0 Å². The zero-order valence-corrected chi connectivity index (χ0v) is 14.0. The van der Waals surface area contributed by atoms with E-state index in [1.54, 1.807) is 12.1 Å². The number of anilines is 1. The minimum absolute atomic E-state index is 0.119. The van der Waals surface area contributed by atoms with Gasteiger partial charge in [-0.15, -0.1) is 0 Å². The molecule has 2 N–H and O–H groups in total. The molecule has 3 rings (SSSR count). The van der Waals surface area contributed by atoms with Gasteiger partial charge in [-0.25, -0.2) is 5.01 Å². The first-order valence-corrected chi connectivity index (χ1v) is 7.89. The fourth-order valence-electron chi connectivity index (χ4n) is 2.63. The van der Waals surface area contributed by atoms with Gasteiger partial charge in [0, 0.05) is 19.0 Å². The highest BCUT2D eigenvalue weighted by Gasteiger charge is 2.31. The van der Waals surface area contributed by atoms with Gasteiger partial charge in [-0.3, -0.25) is 4.79 Å².